The van der Waals surface area contributed by atoms with Crippen molar-refractivity contribution in [3.05, 3.63) is 60.7 Å². The molecule has 1 saturated heterocycles. The van der Waals surface area contributed by atoms with Crippen LogP contribution >= 0.6 is 0 Å². The maximum atomic E-state index is 12.9. The van der Waals surface area contributed by atoms with Crippen LogP contribution in [0.1, 0.15) is 6.92 Å². The Morgan fingerprint density at radius 3 is 1.92 bits per heavy atom. The Bertz CT molecular complexity index is 614. The van der Waals surface area contributed by atoms with Crippen LogP contribution in [-0.4, -0.2) is 55.1 Å². The second-order valence-corrected chi connectivity index (χ2v) is 6.16. The van der Waals surface area contributed by atoms with Gasteiger partial charge in [0.1, 0.15) is 0 Å². The normalized spacial score (nSPS) is 15.9. The van der Waals surface area contributed by atoms with Crippen molar-refractivity contribution in [1.29, 1.82) is 0 Å². The van der Waals surface area contributed by atoms with Gasteiger partial charge in [-0.1, -0.05) is 43.3 Å². The van der Waals surface area contributed by atoms with E-state index in [1.807, 2.05) is 60.7 Å². The van der Waals surface area contributed by atoms with Crippen LogP contribution in [0.2, 0.25) is 0 Å². The zero-order valence-electron chi connectivity index (χ0n) is 14.8. The second kappa shape index (κ2) is 8.76. The molecule has 1 heterocycles. The van der Waals surface area contributed by atoms with Crippen molar-refractivity contribution in [3.8, 4) is 0 Å². The number of benzene rings is 2. The van der Waals surface area contributed by atoms with Gasteiger partial charge in [0.05, 0.1) is 6.54 Å². The molecule has 0 bridgehead atoms. The van der Waals surface area contributed by atoms with Crippen molar-refractivity contribution in [2.45, 2.75) is 6.92 Å². The average molecular weight is 338 g/mol. The number of amides is 1. The second-order valence-electron chi connectivity index (χ2n) is 6.16. The predicted octanol–water partition coefficient (Wildman–Crippen LogP) is 2.49. The van der Waals surface area contributed by atoms with Crippen molar-refractivity contribution in [2.75, 3.05) is 44.2 Å². The minimum absolute atomic E-state index is 0.0373. The first kappa shape index (κ1) is 17.6. The number of rotatable bonds is 6. The van der Waals surface area contributed by atoms with Gasteiger partial charge in [0, 0.05) is 37.6 Å². The third-order valence-electron chi connectivity index (χ3n) is 4.55. The molecule has 0 spiro atoms. The summed E-state index contributed by atoms with van der Waals surface area (Å²) in [6.07, 6.45) is 0. The van der Waals surface area contributed by atoms with E-state index >= 15 is 0 Å². The van der Waals surface area contributed by atoms with Crippen molar-refractivity contribution in [3.63, 3.8) is 0 Å². The smallest absolute Gasteiger partial charge is 0.246 e. The van der Waals surface area contributed by atoms with E-state index in [0.29, 0.717) is 0 Å². The Labute approximate surface area is 149 Å². The van der Waals surface area contributed by atoms with E-state index in [-0.39, 0.29) is 12.5 Å². The van der Waals surface area contributed by atoms with Crippen molar-refractivity contribution in [2.24, 2.45) is 0 Å². The van der Waals surface area contributed by atoms with Crippen molar-refractivity contribution < 1.29 is 4.79 Å². The topological polar surface area (TPSA) is 38.8 Å². The summed E-state index contributed by atoms with van der Waals surface area (Å²) in [5.41, 5.74) is 5.07. The van der Waals surface area contributed by atoms with E-state index in [0.717, 1.165) is 44.1 Å². The van der Waals surface area contributed by atoms with Gasteiger partial charge in [0.25, 0.3) is 0 Å². The van der Waals surface area contributed by atoms with Crippen LogP contribution in [0.3, 0.4) is 0 Å². The molecule has 1 amide bonds. The fourth-order valence-corrected chi connectivity index (χ4v) is 3.07. The number of hydrazine groups is 1. The summed E-state index contributed by atoms with van der Waals surface area (Å²) in [7, 11) is 0. The molecule has 5 nitrogen and oxygen atoms in total. The monoisotopic (exact) mass is 338 g/mol. The molecule has 1 aliphatic heterocycles. The third kappa shape index (κ3) is 4.66. The molecule has 2 aromatic rings. The van der Waals surface area contributed by atoms with Crippen LogP contribution < -0.4 is 10.3 Å². The summed E-state index contributed by atoms with van der Waals surface area (Å²) in [4.78, 5) is 17.1. The highest BCUT2D eigenvalue weighted by Crippen LogP contribution is 2.24. The fraction of sp³-hybridized carbons (Fsp3) is 0.350. The van der Waals surface area contributed by atoms with Crippen molar-refractivity contribution in [1.82, 2.24) is 15.3 Å². The molecule has 2 aromatic carbocycles. The lowest BCUT2D eigenvalue weighted by Gasteiger charge is -2.34. The van der Waals surface area contributed by atoms with E-state index in [1.54, 1.807) is 4.90 Å². The molecular formula is C20H26N4O. The first-order valence-electron chi connectivity index (χ1n) is 8.92. The highest BCUT2D eigenvalue weighted by molar-refractivity contribution is 6.01. The molecule has 1 N–H and O–H groups in total. The number of nitrogens with zero attached hydrogens (tertiary/aromatic N) is 3. The van der Waals surface area contributed by atoms with Crippen LogP contribution in [0, 0.1) is 0 Å². The summed E-state index contributed by atoms with van der Waals surface area (Å²) >= 11 is 0. The van der Waals surface area contributed by atoms with E-state index < -0.39 is 0 Å². The Morgan fingerprint density at radius 2 is 1.44 bits per heavy atom. The third-order valence-corrected chi connectivity index (χ3v) is 4.55. The number of carbonyl (C=O) groups excluding carboxylic acids is 1. The lowest BCUT2D eigenvalue weighted by molar-refractivity contribution is -0.118. The number of anilines is 2. The van der Waals surface area contributed by atoms with E-state index in [2.05, 4.69) is 22.3 Å². The van der Waals surface area contributed by atoms with Gasteiger partial charge < -0.3 is 4.90 Å². The Balaban J connectivity index is 1.66. The van der Waals surface area contributed by atoms with Crippen LogP contribution in [0.25, 0.3) is 0 Å². The minimum atomic E-state index is 0.0373. The number of nitrogens with one attached hydrogen (secondary N) is 1. The van der Waals surface area contributed by atoms with Gasteiger partial charge in [0.15, 0.2) is 0 Å². The highest BCUT2D eigenvalue weighted by atomic mass is 16.2. The summed E-state index contributed by atoms with van der Waals surface area (Å²) in [5.74, 6) is 0.0373. The summed E-state index contributed by atoms with van der Waals surface area (Å²) in [6.45, 7) is 7.52. The van der Waals surface area contributed by atoms with Crippen LogP contribution in [0.4, 0.5) is 11.4 Å². The maximum absolute atomic E-state index is 12.9. The first-order valence-corrected chi connectivity index (χ1v) is 8.92. The fourth-order valence-electron chi connectivity index (χ4n) is 3.07. The minimum Gasteiger partial charge on any atom is -0.301 e. The van der Waals surface area contributed by atoms with E-state index in [1.165, 1.54) is 0 Å². The predicted molar refractivity (Wildman–Crippen MR) is 102 cm³/mol. The molecule has 0 atom stereocenters. The zero-order valence-corrected chi connectivity index (χ0v) is 14.8. The Morgan fingerprint density at radius 1 is 0.920 bits per heavy atom. The number of para-hydroxylation sites is 2. The molecule has 132 valence electrons. The first-order chi connectivity index (χ1) is 12.3. The molecular weight excluding hydrogens is 312 g/mol. The molecule has 3 rings (SSSR count). The molecule has 5 heteroatoms. The van der Waals surface area contributed by atoms with Gasteiger partial charge in [0.2, 0.25) is 5.91 Å². The lowest BCUT2D eigenvalue weighted by atomic mass is 10.2. The van der Waals surface area contributed by atoms with Gasteiger partial charge in [-0.25, -0.2) is 10.4 Å². The molecule has 0 radical (unpaired) electrons. The number of hydrogen-bond donors (Lipinski definition) is 1. The van der Waals surface area contributed by atoms with Crippen molar-refractivity contribution >= 4 is 17.3 Å². The number of piperazine rings is 1. The largest absolute Gasteiger partial charge is 0.301 e. The lowest BCUT2D eigenvalue weighted by Crippen LogP contribution is -2.53. The van der Waals surface area contributed by atoms with Gasteiger partial charge in [-0.15, -0.1) is 0 Å². The Kier molecular flexibility index (Phi) is 6.17. The highest BCUT2D eigenvalue weighted by Gasteiger charge is 2.20. The van der Waals surface area contributed by atoms with Crippen LogP contribution in [0.15, 0.2) is 60.7 Å². The maximum Gasteiger partial charge on any atom is 0.246 e. The zero-order chi connectivity index (χ0) is 17.5. The SMILES string of the molecule is CCN1CCN(NCC(=O)N(c2ccccc2)c2ccccc2)CC1. The number of hydrogen-bond acceptors (Lipinski definition) is 4. The summed E-state index contributed by atoms with van der Waals surface area (Å²) in [5, 5.41) is 2.15. The van der Waals surface area contributed by atoms with E-state index in [4.69, 9.17) is 0 Å². The van der Waals surface area contributed by atoms with Gasteiger partial charge in [-0.2, -0.15) is 0 Å². The van der Waals surface area contributed by atoms with E-state index in [9.17, 15) is 4.79 Å². The van der Waals surface area contributed by atoms with Gasteiger partial charge in [-0.3, -0.25) is 9.69 Å². The summed E-state index contributed by atoms with van der Waals surface area (Å²) < 4.78 is 0. The standard InChI is InChI=1S/C20H26N4O/c1-2-22-13-15-23(16-14-22)21-17-20(25)24(18-9-5-3-6-10-18)19-11-7-4-8-12-19/h3-12,21H,2,13-17H2,1H3. The Hall–Kier alpha value is -2.21. The number of carbonyl (C=O) groups is 1. The van der Waals surface area contributed by atoms with Crippen LogP contribution in [-0.2, 0) is 4.79 Å². The molecule has 0 unspecified atom stereocenters. The molecule has 0 aromatic heterocycles. The summed E-state index contributed by atoms with van der Waals surface area (Å²) in [6, 6.07) is 19.6. The molecule has 0 saturated carbocycles. The average Bonchev–Trinajstić information content (AvgIpc) is 2.69. The molecule has 1 fully saturated rings. The quantitative estimate of drug-likeness (QED) is 0.878. The molecule has 25 heavy (non-hydrogen) atoms. The van der Waals surface area contributed by atoms with Crippen LogP contribution in [0.5, 0.6) is 0 Å². The van der Waals surface area contributed by atoms with Gasteiger partial charge >= 0.3 is 0 Å². The molecule has 1 aliphatic rings. The number of likely N-dealkylation sites (N-methyl/N-ethyl adjacent to an activating group) is 1. The van der Waals surface area contributed by atoms with Gasteiger partial charge in [-0.05, 0) is 30.8 Å². The molecule has 0 aliphatic carbocycles.